The molecule has 0 unspecified atom stereocenters. The Balaban J connectivity index is 0.000000628. The van der Waals surface area contributed by atoms with Crippen LogP contribution in [-0.4, -0.2) is 32.3 Å². The van der Waals surface area contributed by atoms with Gasteiger partial charge in [0.25, 0.3) is 11.5 Å². The Bertz CT molecular complexity index is 1760. The van der Waals surface area contributed by atoms with E-state index in [1.807, 2.05) is 38.1 Å². The van der Waals surface area contributed by atoms with Crippen LogP contribution in [0.4, 0.5) is 5.82 Å². The van der Waals surface area contributed by atoms with Crippen LogP contribution in [0.5, 0.6) is 17.2 Å². The molecule has 3 aromatic heterocycles. The van der Waals surface area contributed by atoms with E-state index in [2.05, 4.69) is 15.3 Å². The molecule has 0 fully saturated rings. The zero-order chi connectivity index (χ0) is 29.5. The number of allylic oxidation sites excluding steroid dienone is 2. The molecule has 0 atom stereocenters. The number of carbonyl (C=O) groups is 1. The van der Waals surface area contributed by atoms with Gasteiger partial charge in [0, 0.05) is 18.6 Å². The number of pyridine rings is 2. The minimum Gasteiger partial charge on any atom is -0.872 e. The molecule has 0 saturated carbocycles. The first-order valence-corrected chi connectivity index (χ1v) is 12.8. The Morgan fingerprint density at radius 2 is 1.79 bits per heavy atom. The third-order valence-corrected chi connectivity index (χ3v) is 6.39. The maximum atomic E-state index is 13.0. The molecule has 0 saturated heterocycles. The van der Waals surface area contributed by atoms with Crippen LogP contribution in [0.1, 0.15) is 29.9 Å². The van der Waals surface area contributed by atoms with E-state index in [0.717, 1.165) is 5.76 Å². The fourth-order valence-electron chi connectivity index (χ4n) is 3.96. The topological polar surface area (TPSA) is 123 Å². The minimum atomic E-state index is -0.554. The summed E-state index contributed by atoms with van der Waals surface area (Å²) >= 11 is 0. The number of carbonyl (C=O) groups excluding carboxylic acids is 1. The molecule has 0 radical (unpaired) electrons. The third kappa shape index (κ3) is 7.55. The van der Waals surface area contributed by atoms with Crippen LogP contribution in [0.2, 0.25) is 0 Å². The normalized spacial score (nSPS) is 10.7. The molecule has 10 nitrogen and oxygen atoms in total. The number of nitrogens with one attached hydrogen (secondary N) is 1. The van der Waals surface area contributed by atoms with E-state index >= 15 is 0 Å². The smallest absolute Gasteiger partial charge is 0.872 e. The summed E-state index contributed by atoms with van der Waals surface area (Å²) in [6, 6.07) is 18.5. The molecule has 5 rings (SSSR count). The second-order valence-corrected chi connectivity index (χ2v) is 8.96. The van der Waals surface area contributed by atoms with Gasteiger partial charge in [-0.15, -0.1) is 5.75 Å². The van der Waals surface area contributed by atoms with Gasteiger partial charge in [0.05, 0.1) is 36.0 Å². The van der Waals surface area contributed by atoms with Gasteiger partial charge >= 0.3 is 51.4 Å². The van der Waals surface area contributed by atoms with Crippen molar-refractivity contribution in [2.24, 2.45) is 7.05 Å². The maximum absolute atomic E-state index is 13.0. The van der Waals surface area contributed by atoms with Gasteiger partial charge in [0.2, 0.25) is 0 Å². The second-order valence-electron chi connectivity index (χ2n) is 8.96. The molecule has 5 aromatic rings. The summed E-state index contributed by atoms with van der Waals surface area (Å²) in [7, 11) is 3.39. The largest absolute Gasteiger partial charge is 1.00 e. The molecular formula is C31H30KN5O5. The summed E-state index contributed by atoms with van der Waals surface area (Å²) in [4.78, 5) is 34.5. The average molecular weight is 592 g/mol. The van der Waals surface area contributed by atoms with Crippen molar-refractivity contribution in [1.82, 2.24) is 19.3 Å². The van der Waals surface area contributed by atoms with Crippen LogP contribution in [0.25, 0.3) is 16.6 Å². The van der Waals surface area contributed by atoms with Crippen molar-refractivity contribution >= 4 is 22.6 Å². The van der Waals surface area contributed by atoms with Gasteiger partial charge in [0.1, 0.15) is 22.9 Å². The fraction of sp³-hybridized carbons (Fsp3) is 0.161. The maximum Gasteiger partial charge on any atom is 1.00 e. The van der Waals surface area contributed by atoms with Crippen molar-refractivity contribution in [3.8, 4) is 22.9 Å². The van der Waals surface area contributed by atoms with Crippen molar-refractivity contribution in [3.05, 3.63) is 113 Å². The Morgan fingerprint density at radius 3 is 2.40 bits per heavy atom. The van der Waals surface area contributed by atoms with Crippen molar-refractivity contribution < 1.29 is 70.8 Å². The first-order chi connectivity index (χ1) is 19.7. The molecule has 1 amide bonds. The number of methoxy groups -OCH3 is 1. The van der Waals surface area contributed by atoms with Crippen molar-refractivity contribution in [3.63, 3.8) is 0 Å². The molecule has 11 heteroatoms. The van der Waals surface area contributed by atoms with E-state index in [4.69, 9.17) is 9.47 Å². The second kappa shape index (κ2) is 14.9. The molecule has 3 heterocycles. The fourth-order valence-corrected chi connectivity index (χ4v) is 3.96. The molecule has 210 valence electrons. The van der Waals surface area contributed by atoms with Gasteiger partial charge < -0.3 is 19.9 Å². The first kappa shape index (κ1) is 32.8. The quantitative estimate of drug-likeness (QED) is 0.237. The standard InChI is InChI=1S/C26H21N5O4.C5H10O.K/c1-16-24(26(34)31(30(16)2)17-6-4-3-5-7-17)25(33)29-23-11-9-19(15-28-23)35-22-12-13-27-21-10-8-18(32)14-20(21)22;1-4-5(2)6-3;/h3-15,32H,1-2H3,(H,28,29,33);4H,1-3H3;/q;;+1/p-1/b;5-4+;. The van der Waals surface area contributed by atoms with E-state index in [0.29, 0.717) is 33.8 Å². The van der Waals surface area contributed by atoms with Gasteiger partial charge in [-0.25, -0.2) is 9.67 Å². The monoisotopic (exact) mass is 591 g/mol. The molecule has 2 aromatic carbocycles. The number of benzene rings is 2. The molecule has 1 N–H and O–H groups in total. The van der Waals surface area contributed by atoms with Crippen LogP contribution in [0.3, 0.4) is 0 Å². The first-order valence-electron chi connectivity index (χ1n) is 12.8. The molecule has 0 aliphatic heterocycles. The number of nitrogens with zero attached hydrogens (tertiary/aromatic N) is 4. The molecular weight excluding hydrogens is 561 g/mol. The Hall–Kier alpha value is -3.74. The summed E-state index contributed by atoms with van der Waals surface area (Å²) in [5, 5.41) is 15.0. The molecule has 0 spiro atoms. The molecule has 0 aliphatic carbocycles. The summed E-state index contributed by atoms with van der Waals surface area (Å²) in [6.07, 6.45) is 4.96. The van der Waals surface area contributed by atoms with E-state index in [1.165, 1.54) is 23.0 Å². The Kier molecular flexibility index (Phi) is 11.7. The number of ether oxygens (including phenoxy) is 2. The number of rotatable bonds is 6. The van der Waals surface area contributed by atoms with E-state index in [-0.39, 0.29) is 68.5 Å². The number of para-hydroxylation sites is 1. The predicted octanol–water partition coefficient (Wildman–Crippen LogP) is 2.11. The zero-order valence-corrected chi connectivity index (χ0v) is 27.5. The molecule has 42 heavy (non-hydrogen) atoms. The Labute approximate surface area is 286 Å². The van der Waals surface area contributed by atoms with Crippen LogP contribution in [0, 0.1) is 6.92 Å². The number of amides is 1. The average Bonchev–Trinajstić information content (AvgIpc) is 3.21. The van der Waals surface area contributed by atoms with E-state index in [1.54, 1.807) is 68.4 Å². The van der Waals surface area contributed by atoms with E-state index < -0.39 is 11.5 Å². The van der Waals surface area contributed by atoms with Crippen LogP contribution >= 0.6 is 0 Å². The summed E-state index contributed by atoms with van der Waals surface area (Å²) in [5.74, 6) is 1.41. The van der Waals surface area contributed by atoms with Gasteiger partial charge in [0.15, 0.2) is 0 Å². The number of aromatic nitrogens is 4. The van der Waals surface area contributed by atoms with E-state index in [9.17, 15) is 14.7 Å². The predicted molar refractivity (Wildman–Crippen MR) is 156 cm³/mol. The number of anilines is 1. The van der Waals surface area contributed by atoms with Gasteiger partial charge in [-0.3, -0.25) is 19.3 Å². The number of fused-ring (bicyclic) bond motifs is 1. The number of hydrogen-bond acceptors (Lipinski definition) is 7. The summed E-state index contributed by atoms with van der Waals surface area (Å²) in [5.41, 5.74) is 1.44. The van der Waals surface area contributed by atoms with Crippen LogP contribution in [0.15, 0.2) is 95.8 Å². The van der Waals surface area contributed by atoms with Crippen LogP contribution < -0.4 is 72.1 Å². The Morgan fingerprint density at radius 1 is 1.05 bits per heavy atom. The summed E-state index contributed by atoms with van der Waals surface area (Å²) < 4.78 is 13.7. The van der Waals surface area contributed by atoms with Crippen molar-refractivity contribution in [2.75, 3.05) is 12.4 Å². The molecule has 0 aliphatic rings. The van der Waals surface area contributed by atoms with Gasteiger partial charge in [-0.1, -0.05) is 36.4 Å². The SMILES string of the molecule is C/C=C(\C)OC.Cc1c(C(=O)Nc2ccc(Oc3ccnc4ccc([O-])cc34)cn2)c(=O)n(-c2ccccc2)n1C.[K+]. The van der Waals surface area contributed by atoms with Gasteiger partial charge in [-0.2, -0.15) is 0 Å². The van der Waals surface area contributed by atoms with Crippen LogP contribution in [-0.2, 0) is 11.8 Å². The zero-order valence-electron chi connectivity index (χ0n) is 24.4. The number of hydrogen-bond donors (Lipinski definition) is 1. The minimum absolute atomic E-state index is 0. The van der Waals surface area contributed by atoms with Crippen molar-refractivity contribution in [2.45, 2.75) is 20.8 Å². The summed E-state index contributed by atoms with van der Waals surface area (Å²) in [6.45, 7) is 5.57. The molecule has 0 bridgehead atoms. The third-order valence-electron chi connectivity index (χ3n) is 6.39. The van der Waals surface area contributed by atoms with Gasteiger partial charge in [-0.05, 0) is 57.2 Å². The van der Waals surface area contributed by atoms with Crippen molar-refractivity contribution in [1.29, 1.82) is 0 Å².